The Morgan fingerprint density at radius 1 is 1.13 bits per heavy atom. The molecule has 0 aliphatic carbocycles. The Labute approximate surface area is 141 Å². The lowest BCUT2D eigenvalue weighted by molar-refractivity contribution is 0.102. The van der Waals surface area contributed by atoms with E-state index in [-0.39, 0.29) is 5.91 Å². The number of rotatable bonds is 4. The second-order valence-electron chi connectivity index (χ2n) is 4.67. The van der Waals surface area contributed by atoms with Gasteiger partial charge in [-0.1, -0.05) is 0 Å². The third-order valence-electron chi connectivity index (χ3n) is 3.19. The third-order valence-corrected chi connectivity index (χ3v) is 3.88. The first-order valence-corrected chi connectivity index (χ1v) is 7.58. The highest BCUT2D eigenvalue weighted by atomic mass is 79.9. The topological polar surface area (TPSA) is 69.0 Å². The quantitative estimate of drug-likeness (QED) is 0.762. The molecular weight excluding hydrogens is 360 g/mol. The number of methoxy groups -OCH3 is 1. The first-order valence-electron chi connectivity index (χ1n) is 6.79. The summed E-state index contributed by atoms with van der Waals surface area (Å²) in [6, 6.07) is 12.5. The Morgan fingerprint density at radius 3 is 2.48 bits per heavy atom. The molecule has 0 bridgehead atoms. The van der Waals surface area contributed by atoms with E-state index >= 15 is 0 Å². The van der Waals surface area contributed by atoms with Gasteiger partial charge >= 0.3 is 0 Å². The van der Waals surface area contributed by atoms with Gasteiger partial charge in [0.25, 0.3) is 5.91 Å². The lowest BCUT2D eigenvalue weighted by Crippen LogP contribution is -2.12. The van der Waals surface area contributed by atoms with Crippen LogP contribution in [0.4, 0.5) is 5.69 Å². The van der Waals surface area contributed by atoms with Gasteiger partial charge in [0.1, 0.15) is 5.75 Å². The summed E-state index contributed by atoms with van der Waals surface area (Å²) in [7, 11) is 1.56. The maximum absolute atomic E-state index is 12.4. The van der Waals surface area contributed by atoms with Crippen LogP contribution in [0.1, 0.15) is 10.4 Å². The van der Waals surface area contributed by atoms with Crippen molar-refractivity contribution in [2.45, 2.75) is 0 Å². The fourth-order valence-electron chi connectivity index (χ4n) is 2.03. The molecular formula is C16H13BrN4O2. The number of ether oxygens (including phenoxy) is 1. The van der Waals surface area contributed by atoms with Crippen LogP contribution in [0.5, 0.6) is 5.75 Å². The molecule has 1 aromatic heterocycles. The van der Waals surface area contributed by atoms with Gasteiger partial charge in [0, 0.05) is 10.2 Å². The van der Waals surface area contributed by atoms with Crippen LogP contribution in [0.25, 0.3) is 5.69 Å². The van der Waals surface area contributed by atoms with E-state index in [2.05, 4.69) is 31.4 Å². The molecule has 1 amide bonds. The highest BCUT2D eigenvalue weighted by Crippen LogP contribution is 2.23. The molecule has 3 aromatic rings. The highest BCUT2D eigenvalue weighted by molar-refractivity contribution is 9.10. The molecule has 116 valence electrons. The van der Waals surface area contributed by atoms with Gasteiger partial charge in [0.15, 0.2) is 0 Å². The van der Waals surface area contributed by atoms with Crippen LogP contribution in [-0.2, 0) is 0 Å². The number of halogens is 1. The standard InChI is InChI=1S/C16H13BrN4O2/c1-23-13-6-7-15(17)14(10-13)16(22)20-11-2-4-12(5-3-11)21-18-8-9-19-21/h2-10H,1H3,(H,20,22). The minimum atomic E-state index is -0.222. The first-order chi connectivity index (χ1) is 11.2. The second kappa shape index (κ2) is 6.62. The number of nitrogens with zero attached hydrogens (tertiary/aromatic N) is 3. The molecule has 6 nitrogen and oxygen atoms in total. The first kappa shape index (κ1) is 15.2. The molecule has 0 fully saturated rings. The predicted molar refractivity (Wildman–Crippen MR) is 90.0 cm³/mol. The average molecular weight is 373 g/mol. The van der Waals surface area contributed by atoms with Crippen molar-refractivity contribution in [2.24, 2.45) is 0 Å². The van der Waals surface area contributed by atoms with Gasteiger partial charge in [0.05, 0.1) is 30.8 Å². The van der Waals surface area contributed by atoms with E-state index in [9.17, 15) is 4.79 Å². The minimum Gasteiger partial charge on any atom is -0.497 e. The summed E-state index contributed by atoms with van der Waals surface area (Å²) in [5.74, 6) is 0.402. The van der Waals surface area contributed by atoms with Gasteiger partial charge in [-0.25, -0.2) is 0 Å². The molecule has 1 N–H and O–H groups in total. The summed E-state index contributed by atoms with van der Waals surface area (Å²) in [6.07, 6.45) is 3.21. The van der Waals surface area contributed by atoms with E-state index in [0.29, 0.717) is 21.5 Å². The van der Waals surface area contributed by atoms with Gasteiger partial charge in [-0.05, 0) is 58.4 Å². The molecule has 0 saturated carbocycles. The zero-order valence-corrected chi connectivity index (χ0v) is 13.8. The number of anilines is 1. The van der Waals surface area contributed by atoms with Crippen molar-refractivity contribution in [2.75, 3.05) is 12.4 Å². The van der Waals surface area contributed by atoms with Gasteiger partial charge in [0.2, 0.25) is 0 Å². The van der Waals surface area contributed by atoms with Crippen LogP contribution in [0, 0.1) is 0 Å². The van der Waals surface area contributed by atoms with Crippen molar-refractivity contribution in [3.63, 3.8) is 0 Å². The van der Waals surface area contributed by atoms with E-state index in [1.807, 2.05) is 12.1 Å². The van der Waals surface area contributed by atoms with Crippen LogP contribution in [0.2, 0.25) is 0 Å². The molecule has 0 unspecified atom stereocenters. The van der Waals surface area contributed by atoms with E-state index in [4.69, 9.17) is 4.74 Å². The normalized spacial score (nSPS) is 10.3. The SMILES string of the molecule is COc1ccc(Br)c(C(=O)Nc2ccc(-n3nccn3)cc2)c1. The largest absolute Gasteiger partial charge is 0.497 e. The predicted octanol–water partition coefficient (Wildman–Crippen LogP) is 3.29. The van der Waals surface area contributed by atoms with Crippen molar-refractivity contribution >= 4 is 27.5 Å². The summed E-state index contributed by atoms with van der Waals surface area (Å²) in [6.45, 7) is 0. The fourth-order valence-corrected chi connectivity index (χ4v) is 2.46. The van der Waals surface area contributed by atoms with Crippen LogP contribution in [0.3, 0.4) is 0 Å². The number of hydrogen-bond acceptors (Lipinski definition) is 4. The lowest BCUT2D eigenvalue weighted by Gasteiger charge is -2.09. The Hall–Kier alpha value is -2.67. The van der Waals surface area contributed by atoms with Gasteiger partial charge < -0.3 is 10.1 Å². The monoisotopic (exact) mass is 372 g/mol. The van der Waals surface area contributed by atoms with Crippen molar-refractivity contribution < 1.29 is 9.53 Å². The molecule has 0 saturated heterocycles. The van der Waals surface area contributed by atoms with Gasteiger partial charge in [-0.15, -0.1) is 0 Å². The van der Waals surface area contributed by atoms with Crippen LogP contribution in [-0.4, -0.2) is 28.0 Å². The highest BCUT2D eigenvalue weighted by Gasteiger charge is 2.12. The number of benzene rings is 2. The lowest BCUT2D eigenvalue weighted by atomic mass is 10.2. The summed E-state index contributed by atoms with van der Waals surface area (Å²) in [5.41, 5.74) is 2.00. The molecule has 2 aromatic carbocycles. The zero-order chi connectivity index (χ0) is 16.2. The molecule has 0 atom stereocenters. The molecule has 0 aliphatic heterocycles. The van der Waals surface area contributed by atoms with E-state index in [0.717, 1.165) is 5.69 Å². The molecule has 0 radical (unpaired) electrons. The van der Waals surface area contributed by atoms with E-state index in [1.165, 1.54) is 4.80 Å². The molecule has 0 spiro atoms. The molecule has 7 heteroatoms. The zero-order valence-electron chi connectivity index (χ0n) is 12.2. The Balaban J connectivity index is 1.78. The van der Waals surface area contributed by atoms with Gasteiger partial charge in [-0.2, -0.15) is 15.0 Å². The third kappa shape index (κ3) is 3.40. The van der Waals surface area contributed by atoms with Crippen molar-refractivity contribution in [1.29, 1.82) is 0 Å². The number of amides is 1. The van der Waals surface area contributed by atoms with E-state index < -0.39 is 0 Å². The Morgan fingerprint density at radius 2 is 1.83 bits per heavy atom. The van der Waals surface area contributed by atoms with E-state index in [1.54, 1.807) is 49.8 Å². The van der Waals surface area contributed by atoms with Crippen LogP contribution >= 0.6 is 15.9 Å². The number of carbonyl (C=O) groups is 1. The van der Waals surface area contributed by atoms with Gasteiger partial charge in [-0.3, -0.25) is 4.79 Å². The minimum absolute atomic E-state index is 0.222. The fraction of sp³-hybridized carbons (Fsp3) is 0.0625. The van der Waals surface area contributed by atoms with Crippen molar-refractivity contribution in [3.05, 3.63) is 64.9 Å². The maximum Gasteiger partial charge on any atom is 0.256 e. The van der Waals surface area contributed by atoms with Crippen LogP contribution < -0.4 is 10.1 Å². The number of nitrogens with one attached hydrogen (secondary N) is 1. The van der Waals surface area contributed by atoms with Crippen molar-refractivity contribution in [3.8, 4) is 11.4 Å². The number of carbonyl (C=O) groups excluding carboxylic acids is 1. The number of hydrogen-bond donors (Lipinski definition) is 1. The second-order valence-corrected chi connectivity index (χ2v) is 5.52. The number of aromatic nitrogens is 3. The molecule has 3 rings (SSSR count). The molecule has 1 heterocycles. The Bertz CT molecular complexity index is 817. The summed E-state index contributed by atoms with van der Waals surface area (Å²) >= 11 is 3.38. The van der Waals surface area contributed by atoms with Crippen LogP contribution in [0.15, 0.2) is 59.3 Å². The average Bonchev–Trinajstić information content (AvgIpc) is 3.10. The summed E-state index contributed by atoms with van der Waals surface area (Å²) in [4.78, 5) is 13.9. The molecule has 0 aliphatic rings. The smallest absolute Gasteiger partial charge is 0.256 e. The Kier molecular flexibility index (Phi) is 4.38. The molecule has 23 heavy (non-hydrogen) atoms. The summed E-state index contributed by atoms with van der Waals surface area (Å²) < 4.78 is 5.85. The summed E-state index contributed by atoms with van der Waals surface area (Å²) in [5, 5.41) is 11.0. The van der Waals surface area contributed by atoms with Crippen molar-refractivity contribution in [1.82, 2.24) is 15.0 Å². The maximum atomic E-state index is 12.4.